The second kappa shape index (κ2) is 8.16. The van der Waals surface area contributed by atoms with Crippen molar-refractivity contribution in [1.29, 1.82) is 0 Å². The molecule has 1 aliphatic carbocycles. The van der Waals surface area contributed by atoms with Gasteiger partial charge in [0, 0.05) is 24.0 Å². The fraction of sp³-hybridized carbons (Fsp3) is 0.318. The molecule has 138 valence electrons. The summed E-state index contributed by atoms with van der Waals surface area (Å²) in [6, 6.07) is 15.9. The number of hydrogen-bond donors (Lipinski definition) is 1. The molecule has 0 spiro atoms. The van der Waals surface area contributed by atoms with E-state index < -0.39 is 0 Å². The standard InChI is InChI=1S/C22H24N4O/c27-22(24-18-10-4-1-2-5-11-18)20-15-21(17-9-8-14-23-16-17)26(25-20)19-12-6-3-7-13-19/h3,6-9,12-16,18H,1-2,4-5,10-11H2,(H,24,27). The number of aromatic nitrogens is 3. The fourth-order valence-corrected chi connectivity index (χ4v) is 3.66. The zero-order chi connectivity index (χ0) is 18.5. The Morgan fingerprint density at radius 3 is 2.48 bits per heavy atom. The molecule has 0 atom stereocenters. The van der Waals surface area contributed by atoms with Crippen LogP contribution >= 0.6 is 0 Å². The number of pyridine rings is 1. The van der Waals surface area contributed by atoms with Crippen LogP contribution in [0.3, 0.4) is 0 Å². The predicted molar refractivity (Wildman–Crippen MR) is 106 cm³/mol. The Hall–Kier alpha value is -2.95. The minimum Gasteiger partial charge on any atom is -0.348 e. The van der Waals surface area contributed by atoms with Gasteiger partial charge in [0.15, 0.2) is 5.69 Å². The Labute approximate surface area is 159 Å². The molecule has 2 heterocycles. The number of nitrogens with one attached hydrogen (secondary N) is 1. The highest BCUT2D eigenvalue weighted by molar-refractivity contribution is 5.93. The second-order valence-electron chi connectivity index (χ2n) is 7.07. The number of amides is 1. The minimum absolute atomic E-state index is 0.0956. The lowest BCUT2D eigenvalue weighted by atomic mass is 10.1. The first-order chi connectivity index (χ1) is 13.3. The molecule has 0 bridgehead atoms. The zero-order valence-electron chi connectivity index (χ0n) is 15.3. The maximum Gasteiger partial charge on any atom is 0.272 e. The summed E-state index contributed by atoms with van der Waals surface area (Å²) in [5, 5.41) is 7.81. The molecule has 0 saturated heterocycles. The van der Waals surface area contributed by atoms with Crippen LogP contribution in [0.15, 0.2) is 60.9 Å². The van der Waals surface area contributed by atoms with Crippen LogP contribution < -0.4 is 5.32 Å². The van der Waals surface area contributed by atoms with Gasteiger partial charge < -0.3 is 5.32 Å². The molecule has 27 heavy (non-hydrogen) atoms. The van der Waals surface area contributed by atoms with Crippen LogP contribution in [0.4, 0.5) is 0 Å². The largest absolute Gasteiger partial charge is 0.348 e. The Kier molecular flexibility index (Phi) is 5.28. The summed E-state index contributed by atoms with van der Waals surface area (Å²) in [6.07, 6.45) is 10.5. The number of nitrogens with zero attached hydrogens (tertiary/aromatic N) is 3. The van der Waals surface area contributed by atoms with Crippen LogP contribution in [-0.4, -0.2) is 26.7 Å². The third-order valence-corrected chi connectivity index (χ3v) is 5.09. The number of para-hydroxylation sites is 1. The van der Waals surface area contributed by atoms with Gasteiger partial charge in [-0.2, -0.15) is 5.10 Å². The van der Waals surface area contributed by atoms with E-state index in [0.717, 1.165) is 29.8 Å². The predicted octanol–water partition coefficient (Wildman–Crippen LogP) is 4.39. The quantitative estimate of drug-likeness (QED) is 0.702. The van der Waals surface area contributed by atoms with E-state index in [2.05, 4.69) is 15.4 Å². The molecule has 1 N–H and O–H groups in total. The monoisotopic (exact) mass is 360 g/mol. The third-order valence-electron chi connectivity index (χ3n) is 5.09. The molecule has 0 aliphatic heterocycles. The smallest absolute Gasteiger partial charge is 0.272 e. The van der Waals surface area contributed by atoms with Gasteiger partial charge in [-0.3, -0.25) is 9.78 Å². The molecule has 1 aliphatic rings. The van der Waals surface area contributed by atoms with Gasteiger partial charge in [0.05, 0.1) is 11.4 Å². The fourth-order valence-electron chi connectivity index (χ4n) is 3.66. The summed E-state index contributed by atoms with van der Waals surface area (Å²) in [7, 11) is 0. The molecule has 5 nitrogen and oxygen atoms in total. The van der Waals surface area contributed by atoms with Gasteiger partial charge in [-0.05, 0) is 43.2 Å². The topological polar surface area (TPSA) is 59.8 Å². The molecule has 4 rings (SSSR count). The minimum atomic E-state index is -0.0956. The molecule has 3 aromatic rings. The Morgan fingerprint density at radius 1 is 1.00 bits per heavy atom. The van der Waals surface area contributed by atoms with Crippen molar-refractivity contribution in [3.05, 3.63) is 66.6 Å². The van der Waals surface area contributed by atoms with Crippen LogP contribution in [0.2, 0.25) is 0 Å². The van der Waals surface area contributed by atoms with Crippen molar-refractivity contribution in [2.45, 2.75) is 44.6 Å². The van der Waals surface area contributed by atoms with Crippen molar-refractivity contribution in [2.75, 3.05) is 0 Å². The lowest BCUT2D eigenvalue weighted by molar-refractivity contribution is 0.0928. The van der Waals surface area contributed by atoms with Gasteiger partial charge in [0.2, 0.25) is 0 Å². The third kappa shape index (κ3) is 4.08. The van der Waals surface area contributed by atoms with Crippen molar-refractivity contribution >= 4 is 5.91 Å². The molecule has 0 unspecified atom stereocenters. The molecule has 1 fully saturated rings. The molecule has 1 aromatic carbocycles. The van der Waals surface area contributed by atoms with E-state index >= 15 is 0 Å². The van der Waals surface area contributed by atoms with Crippen LogP contribution in [0.25, 0.3) is 16.9 Å². The van der Waals surface area contributed by atoms with Gasteiger partial charge in [-0.25, -0.2) is 4.68 Å². The van der Waals surface area contributed by atoms with Gasteiger partial charge in [0.25, 0.3) is 5.91 Å². The first kappa shape index (κ1) is 17.5. The van der Waals surface area contributed by atoms with E-state index in [0.29, 0.717) is 5.69 Å². The van der Waals surface area contributed by atoms with Crippen LogP contribution in [0.1, 0.15) is 49.0 Å². The number of rotatable bonds is 4. The molecule has 5 heteroatoms. The highest BCUT2D eigenvalue weighted by Gasteiger charge is 2.20. The van der Waals surface area contributed by atoms with Crippen LogP contribution in [-0.2, 0) is 0 Å². The van der Waals surface area contributed by atoms with E-state index in [4.69, 9.17) is 0 Å². The van der Waals surface area contributed by atoms with E-state index in [9.17, 15) is 4.79 Å². The van der Waals surface area contributed by atoms with Crippen LogP contribution in [0, 0.1) is 0 Å². The highest BCUT2D eigenvalue weighted by Crippen LogP contribution is 2.24. The van der Waals surface area contributed by atoms with Crippen molar-refractivity contribution in [3.63, 3.8) is 0 Å². The average molecular weight is 360 g/mol. The SMILES string of the molecule is O=C(NC1CCCCCC1)c1cc(-c2cccnc2)n(-c2ccccc2)n1. The van der Waals surface area contributed by atoms with Crippen LogP contribution in [0.5, 0.6) is 0 Å². The van der Waals surface area contributed by atoms with Gasteiger partial charge in [-0.1, -0.05) is 43.9 Å². The normalized spacial score (nSPS) is 15.3. The maximum absolute atomic E-state index is 12.9. The number of benzene rings is 1. The second-order valence-corrected chi connectivity index (χ2v) is 7.07. The Morgan fingerprint density at radius 2 is 1.78 bits per heavy atom. The zero-order valence-corrected chi connectivity index (χ0v) is 15.3. The Balaban J connectivity index is 1.65. The highest BCUT2D eigenvalue weighted by atomic mass is 16.2. The van der Waals surface area contributed by atoms with Gasteiger partial charge >= 0.3 is 0 Å². The summed E-state index contributed by atoms with van der Waals surface area (Å²) in [5.74, 6) is -0.0956. The Bertz CT molecular complexity index is 824. The lowest BCUT2D eigenvalue weighted by Gasteiger charge is -2.15. The first-order valence-corrected chi connectivity index (χ1v) is 9.68. The number of carbonyl (C=O) groups is 1. The van der Waals surface area contributed by atoms with Crippen molar-refractivity contribution < 1.29 is 4.79 Å². The van der Waals surface area contributed by atoms with E-state index in [1.54, 1.807) is 12.4 Å². The summed E-state index contributed by atoms with van der Waals surface area (Å²) < 4.78 is 1.82. The molecular formula is C22H24N4O. The molecule has 1 saturated carbocycles. The van der Waals surface area contributed by atoms with E-state index in [1.807, 2.05) is 53.2 Å². The van der Waals surface area contributed by atoms with Crippen molar-refractivity contribution in [3.8, 4) is 16.9 Å². The lowest BCUT2D eigenvalue weighted by Crippen LogP contribution is -2.34. The van der Waals surface area contributed by atoms with Gasteiger partial charge in [-0.15, -0.1) is 0 Å². The van der Waals surface area contributed by atoms with E-state index in [1.165, 1.54) is 25.7 Å². The van der Waals surface area contributed by atoms with E-state index in [-0.39, 0.29) is 11.9 Å². The number of hydrogen-bond acceptors (Lipinski definition) is 3. The van der Waals surface area contributed by atoms with Crippen molar-refractivity contribution in [1.82, 2.24) is 20.1 Å². The summed E-state index contributed by atoms with van der Waals surface area (Å²) in [5.41, 5.74) is 3.16. The summed E-state index contributed by atoms with van der Waals surface area (Å²) in [6.45, 7) is 0. The molecule has 0 radical (unpaired) electrons. The van der Waals surface area contributed by atoms with Gasteiger partial charge in [0.1, 0.15) is 0 Å². The maximum atomic E-state index is 12.9. The number of carbonyl (C=O) groups excluding carboxylic acids is 1. The molecule has 1 amide bonds. The summed E-state index contributed by atoms with van der Waals surface area (Å²) >= 11 is 0. The summed E-state index contributed by atoms with van der Waals surface area (Å²) in [4.78, 5) is 17.1. The molecular weight excluding hydrogens is 336 g/mol. The average Bonchev–Trinajstić information content (AvgIpc) is 3.02. The molecule has 2 aromatic heterocycles. The van der Waals surface area contributed by atoms with Crippen molar-refractivity contribution in [2.24, 2.45) is 0 Å². The first-order valence-electron chi connectivity index (χ1n) is 9.68.